The second-order valence-corrected chi connectivity index (χ2v) is 9.69. The van der Waals surface area contributed by atoms with Crippen molar-refractivity contribution >= 4 is 66.7 Å². The number of esters is 1. The van der Waals surface area contributed by atoms with Crippen LogP contribution < -0.4 is 10.6 Å². The van der Waals surface area contributed by atoms with Crippen molar-refractivity contribution in [1.29, 1.82) is 0 Å². The van der Waals surface area contributed by atoms with Crippen LogP contribution in [0.4, 0.5) is 5.13 Å². The number of H-pyrrole nitrogens is 1. The topological polar surface area (TPSA) is 113 Å². The molecule has 0 saturated carbocycles. The highest BCUT2D eigenvalue weighted by Crippen LogP contribution is 2.25. The minimum absolute atomic E-state index is 0.208. The van der Waals surface area contributed by atoms with Gasteiger partial charge >= 0.3 is 5.97 Å². The van der Waals surface area contributed by atoms with Gasteiger partial charge in [-0.1, -0.05) is 47.7 Å². The number of anilines is 1. The number of thiophene rings is 1. The zero-order valence-corrected chi connectivity index (χ0v) is 19.9. The van der Waals surface area contributed by atoms with Crippen LogP contribution in [0.25, 0.3) is 21.1 Å². The summed E-state index contributed by atoms with van der Waals surface area (Å²) in [7, 11) is 0. The third kappa shape index (κ3) is 5.23. The molecule has 1 atom stereocenters. The van der Waals surface area contributed by atoms with Gasteiger partial charge in [-0.25, -0.2) is 9.78 Å². The maximum Gasteiger partial charge on any atom is 0.329 e. The van der Waals surface area contributed by atoms with Gasteiger partial charge in [0.2, 0.25) is 0 Å². The Labute approximate surface area is 208 Å². The minimum atomic E-state index is -0.973. The highest BCUT2D eigenvalue weighted by Gasteiger charge is 2.26. The number of fused-ring (bicyclic) bond motifs is 2. The van der Waals surface area contributed by atoms with Gasteiger partial charge in [-0.3, -0.25) is 14.9 Å². The van der Waals surface area contributed by atoms with Crippen LogP contribution >= 0.6 is 22.7 Å². The number of nitrogens with zero attached hydrogens (tertiary/aromatic N) is 1. The Kier molecular flexibility index (Phi) is 6.55. The SMILES string of the molecule is O=C(COC(=O)C(Cc1c[nH]c2ccccc12)NC(=O)c1cccs1)Nc1nc2ccccc2s1. The predicted octanol–water partition coefficient (Wildman–Crippen LogP) is 4.36. The van der Waals surface area contributed by atoms with Gasteiger partial charge in [0.05, 0.1) is 15.1 Å². The molecule has 3 N–H and O–H groups in total. The normalized spacial score (nSPS) is 11.9. The molecule has 176 valence electrons. The van der Waals surface area contributed by atoms with Crippen LogP contribution in [0.1, 0.15) is 15.2 Å². The average molecular weight is 505 g/mol. The van der Waals surface area contributed by atoms with E-state index in [-0.39, 0.29) is 12.3 Å². The van der Waals surface area contributed by atoms with Crippen molar-refractivity contribution in [3.05, 3.63) is 82.7 Å². The number of carbonyl (C=O) groups is 3. The molecule has 3 heterocycles. The first-order valence-electron chi connectivity index (χ1n) is 10.8. The first-order chi connectivity index (χ1) is 17.1. The zero-order chi connectivity index (χ0) is 24.2. The third-order valence-electron chi connectivity index (χ3n) is 5.32. The predicted molar refractivity (Wildman–Crippen MR) is 137 cm³/mol. The molecule has 5 rings (SSSR count). The number of ether oxygens (including phenoxy) is 1. The van der Waals surface area contributed by atoms with Crippen molar-refractivity contribution in [2.24, 2.45) is 0 Å². The Morgan fingerprint density at radius 3 is 2.69 bits per heavy atom. The van der Waals surface area contributed by atoms with E-state index in [1.54, 1.807) is 17.5 Å². The van der Waals surface area contributed by atoms with Gasteiger partial charge in [0.1, 0.15) is 6.04 Å². The van der Waals surface area contributed by atoms with Crippen molar-refractivity contribution < 1.29 is 19.1 Å². The van der Waals surface area contributed by atoms with E-state index in [0.29, 0.717) is 10.0 Å². The van der Waals surface area contributed by atoms with Gasteiger partial charge in [-0.05, 0) is 35.2 Å². The molecular formula is C25H20N4O4S2. The van der Waals surface area contributed by atoms with E-state index in [0.717, 1.165) is 26.7 Å². The largest absolute Gasteiger partial charge is 0.454 e. The molecule has 0 bridgehead atoms. The molecule has 0 saturated heterocycles. The van der Waals surface area contributed by atoms with Crippen LogP contribution in [-0.4, -0.2) is 40.4 Å². The van der Waals surface area contributed by atoms with Gasteiger partial charge in [-0.15, -0.1) is 11.3 Å². The van der Waals surface area contributed by atoms with Crippen molar-refractivity contribution in [1.82, 2.24) is 15.3 Å². The first kappa shape index (κ1) is 22.8. The van der Waals surface area contributed by atoms with Crippen LogP contribution in [0, 0.1) is 0 Å². The maximum absolute atomic E-state index is 13.0. The number of hydrogen-bond donors (Lipinski definition) is 3. The van der Waals surface area contributed by atoms with Crippen molar-refractivity contribution in [2.75, 3.05) is 11.9 Å². The van der Waals surface area contributed by atoms with Gasteiger partial charge in [0.15, 0.2) is 11.7 Å². The number of carbonyl (C=O) groups excluding carboxylic acids is 3. The average Bonchev–Trinajstić information content (AvgIpc) is 3.62. The summed E-state index contributed by atoms with van der Waals surface area (Å²) >= 11 is 2.61. The van der Waals surface area contributed by atoms with Crippen LogP contribution in [0.15, 0.2) is 72.2 Å². The Bertz CT molecular complexity index is 1470. The minimum Gasteiger partial charge on any atom is -0.454 e. The van der Waals surface area contributed by atoms with E-state index >= 15 is 0 Å². The number of hydrogen-bond acceptors (Lipinski definition) is 7. The molecule has 5 aromatic rings. The maximum atomic E-state index is 13.0. The van der Waals surface area contributed by atoms with Crippen LogP contribution in [-0.2, 0) is 20.7 Å². The van der Waals surface area contributed by atoms with Crippen molar-refractivity contribution in [3.8, 4) is 0 Å². The summed E-state index contributed by atoms with van der Waals surface area (Å²) in [6, 6.07) is 17.7. The van der Waals surface area contributed by atoms with Crippen LogP contribution in [0.5, 0.6) is 0 Å². The van der Waals surface area contributed by atoms with Crippen LogP contribution in [0.3, 0.4) is 0 Å². The summed E-state index contributed by atoms with van der Waals surface area (Å²) in [5, 5.41) is 8.57. The summed E-state index contributed by atoms with van der Waals surface area (Å²) in [5.41, 5.74) is 2.56. The molecule has 0 fully saturated rings. The number of benzene rings is 2. The molecule has 10 heteroatoms. The standard InChI is InChI=1S/C25H20N4O4S2/c30-22(29-25-28-18-8-3-4-9-20(18)35-25)14-33-24(32)19(27-23(31)21-10-5-11-34-21)12-15-13-26-17-7-2-1-6-16(15)17/h1-11,13,19,26H,12,14H2,(H,27,31)(H,28,29,30). The quantitative estimate of drug-likeness (QED) is 0.272. The van der Waals surface area contributed by atoms with Gasteiger partial charge < -0.3 is 15.0 Å². The molecule has 35 heavy (non-hydrogen) atoms. The Morgan fingerprint density at radius 1 is 1.03 bits per heavy atom. The lowest BCUT2D eigenvalue weighted by Gasteiger charge is -2.17. The van der Waals surface area contributed by atoms with E-state index in [1.807, 2.05) is 54.7 Å². The molecule has 0 aliphatic heterocycles. The summed E-state index contributed by atoms with van der Waals surface area (Å²) in [5.74, 6) is -1.58. The highest BCUT2D eigenvalue weighted by molar-refractivity contribution is 7.22. The van der Waals surface area contributed by atoms with Crippen molar-refractivity contribution in [3.63, 3.8) is 0 Å². The Morgan fingerprint density at radius 2 is 1.86 bits per heavy atom. The molecule has 0 spiro atoms. The van der Waals surface area contributed by atoms with E-state index < -0.39 is 24.5 Å². The fraction of sp³-hybridized carbons (Fsp3) is 0.120. The molecule has 2 aromatic carbocycles. The monoisotopic (exact) mass is 504 g/mol. The van der Waals surface area contributed by atoms with E-state index in [1.165, 1.54) is 22.7 Å². The summed E-state index contributed by atoms with van der Waals surface area (Å²) < 4.78 is 6.24. The molecule has 0 radical (unpaired) electrons. The fourth-order valence-electron chi connectivity index (χ4n) is 3.67. The summed E-state index contributed by atoms with van der Waals surface area (Å²) in [6.07, 6.45) is 2.02. The zero-order valence-electron chi connectivity index (χ0n) is 18.3. The molecule has 3 aromatic heterocycles. The number of para-hydroxylation sites is 2. The summed E-state index contributed by atoms with van der Waals surface area (Å²) in [4.78, 5) is 46.1. The first-order valence-corrected chi connectivity index (χ1v) is 12.5. The second-order valence-electron chi connectivity index (χ2n) is 7.71. The fourth-order valence-corrected chi connectivity index (χ4v) is 5.18. The van der Waals surface area contributed by atoms with Gasteiger partial charge in [-0.2, -0.15) is 0 Å². The summed E-state index contributed by atoms with van der Waals surface area (Å²) in [6.45, 7) is -0.492. The molecular weight excluding hydrogens is 484 g/mol. The lowest BCUT2D eigenvalue weighted by Crippen LogP contribution is -2.43. The Hall–Kier alpha value is -4.02. The van der Waals surface area contributed by atoms with Crippen LogP contribution in [0.2, 0.25) is 0 Å². The Balaban J connectivity index is 1.27. The highest BCUT2D eigenvalue weighted by atomic mass is 32.1. The smallest absolute Gasteiger partial charge is 0.329 e. The molecule has 0 aliphatic rings. The van der Waals surface area contributed by atoms with E-state index in [9.17, 15) is 14.4 Å². The molecule has 2 amide bonds. The lowest BCUT2D eigenvalue weighted by molar-refractivity contribution is -0.149. The van der Waals surface area contributed by atoms with E-state index in [4.69, 9.17) is 4.74 Å². The number of amides is 2. The number of rotatable bonds is 8. The number of aromatic nitrogens is 2. The number of aromatic amines is 1. The molecule has 1 unspecified atom stereocenters. The second kappa shape index (κ2) is 10.1. The van der Waals surface area contributed by atoms with E-state index in [2.05, 4.69) is 20.6 Å². The van der Waals surface area contributed by atoms with Gasteiger partial charge in [0, 0.05) is 23.5 Å². The van der Waals surface area contributed by atoms with Gasteiger partial charge in [0.25, 0.3) is 11.8 Å². The molecule has 0 aliphatic carbocycles. The van der Waals surface area contributed by atoms with Crippen molar-refractivity contribution in [2.45, 2.75) is 12.5 Å². The number of thiazole rings is 1. The third-order valence-corrected chi connectivity index (χ3v) is 7.14. The lowest BCUT2D eigenvalue weighted by atomic mass is 10.0. The number of nitrogens with one attached hydrogen (secondary N) is 3. The molecule has 8 nitrogen and oxygen atoms in total.